The second-order valence-electron chi connectivity index (χ2n) is 10.6. The Bertz CT molecular complexity index is 868. The van der Waals surface area contributed by atoms with Crippen molar-refractivity contribution in [1.29, 1.82) is 0 Å². The predicted molar refractivity (Wildman–Crippen MR) is 118 cm³/mol. The zero-order valence-corrected chi connectivity index (χ0v) is 18.3. The number of fused-ring (bicyclic) bond motifs is 5. The average Bonchev–Trinajstić information content (AvgIpc) is 3.07. The third kappa shape index (κ3) is 2.81. The molecule has 2 nitrogen and oxygen atoms in total. The highest BCUT2D eigenvalue weighted by Crippen LogP contribution is 2.67. The number of Topliss-reactive ketones (excluding diaryl/α,β-unsaturated/α-hetero) is 1. The minimum Gasteiger partial charge on any atom is -0.299 e. The van der Waals surface area contributed by atoms with Crippen molar-refractivity contribution in [3.05, 3.63) is 47.8 Å². The first-order valence-electron chi connectivity index (χ1n) is 11.8. The maximum atomic E-state index is 12.3. The molecule has 154 valence electrons. The van der Waals surface area contributed by atoms with Crippen LogP contribution in [0.3, 0.4) is 0 Å². The number of rotatable bonds is 3. The summed E-state index contributed by atoms with van der Waals surface area (Å²) in [5.74, 6) is 3.32. The van der Waals surface area contributed by atoms with Crippen LogP contribution in [0.4, 0.5) is 0 Å². The first kappa shape index (κ1) is 19.3. The fraction of sp³-hybridized carbons (Fsp3) is 0.630. The molecule has 2 saturated carbocycles. The van der Waals surface area contributed by atoms with Crippen LogP contribution in [0.5, 0.6) is 0 Å². The Morgan fingerprint density at radius 3 is 2.79 bits per heavy atom. The SMILES string of the molecule is CCCC1C=C2CC(=O)CC[C@]2(C)[C@H]2CC[C@]3(C)C(c4cccnc4)=CC[C@H]3[C@H]12. The summed E-state index contributed by atoms with van der Waals surface area (Å²) < 4.78 is 0. The maximum absolute atomic E-state index is 12.3. The van der Waals surface area contributed by atoms with Crippen molar-refractivity contribution in [3.8, 4) is 0 Å². The van der Waals surface area contributed by atoms with E-state index < -0.39 is 0 Å². The maximum Gasteiger partial charge on any atom is 0.136 e. The second-order valence-corrected chi connectivity index (χ2v) is 10.6. The van der Waals surface area contributed by atoms with E-state index in [1.807, 2.05) is 6.20 Å². The number of carbonyl (C=O) groups is 1. The number of hydrogen-bond acceptors (Lipinski definition) is 2. The van der Waals surface area contributed by atoms with Gasteiger partial charge in [-0.25, -0.2) is 0 Å². The van der Waals surface area contributed by atoms with Crippen molar-refractivity contribution in [2.75, 3.05) is 0 Å². The number of nitrogens with zero attached hydrogens (tertiary/aromatic N) is 1. The lowest BCUT2D eigenvalue weighted by atomic mass is 9.45. The number of ketones is 1. The lowest BCUT2D eigenvalue weighted by Gasteiger charge is -2.59. The van der Waals surface area contributed by atoms with E-state index in [4.69, 9.17) is 0 Å². The molecule has 0 amide bonds. The fourth-order valence-corrected chi connectivity index (χ4v) is 7.79. The van der Waals surface area contributed by atoms with Crippen LogP contribution in [0.2, 0.25) is 0 Å². The van der Waals surface area contributed by atoms with Gasteiger partial charge in [-0.1, -0.05) is 51.0 Å². The fourth-order valence-electron chi connectivity index (χ4n) is 7.79. The Hall–Kier alpha value is -1.70. The molecule has 1 aromatic rings. The van der Waals surface area contributed by atoms with Gasteiger partial charge in [-0.05, 0) is 83.8 Å². The number of hydrogen-bond donors (Lipinski definition) is 0. The minimum atomic E-state index is 0.251. The van der Waals surface area contributed by atoms with Gasteiger partial charge in [0.05, 0.1) is 0 Å². The molecule has 4 aliphatic rings. The van der Waals surface area contributed by atoms with E-state index in [-0.39, 0.29) is 10.8 Å². The Balaban J connectivity index is 1.54. The van der Waals surface area contributed by atoms with Crippen LogP contribution in [0.25, 0.3) is 5.57 Å². The Labute approximate surface area is 175 Å². The Morgan fingerprint density at radius 2 is 2.03 bits per heavy atom. The highest BCUT2D eigenvalue weighted by molar-refractivity contribution is 5.82. The van der Waals surface area contributed by atoms with Crippen LogP contribution < -0.4 is 0 Å². The molecule has 1 heterocycles. The third-order valence-corrected chi connectivity index (χ3v) is 9.28. The van der Waals surface area contributed by atoms with Crippen LogP contribution in [0, 0.1) is 34.5 Å². The van der Waals surface area contributed by atoms with Crippen molar-refractivity contribution < 1.29 is 4.79 Å². The molecule has 1 unspecified atom stereocenters. The Kier molecular flexibility index (Phi) is 4.60. The van der Waals surface area contributed by atoms with Crippen molar-refractivity contribution in [2.45, 2.75) is 72.1 Å². The number of allylic oxidation sites excluding steroid dienone is 4. The predicted octanol–water partition coefficient (Wildman–Crippen LogP) is 6.63. The first-order valence-corrected chi connectivity index (χ1v) is 11.8. The van der Waals surface area contributed by atoms with Crippen LogP contribution in [0.1, 0.15) is 77.7 Å². The molecule has 0 saturated heterocycles. The van der Waals surface area contributed by atoms with Gasteiger partial charge >= 0.3 is 0 Å². The van der Waals surface area contributed by atoms with Gasteiger partial charge in [0.25, 0.3) is 0 Å². The summed E-state index contributed by atoms with van der Waals surface area (Å²) in [4.78, 5) is 16.7. The number of aromatic nitrogens is 1. The molecule has 2 fully saturated rings. The van der Waals surface area contributed by atoms with E-state index in [9.17, 15) is 4.79 Å². The summed E-state index contributed by atoms with van der Waals surface area (Å²) in [5.41, 5.74) is 4.88. The van der Waals surface area contributed by atoms with Crippen molar-refractivity contribution >= 4 is 11.4 Å². The highest BCUT2D eigenvalue weighted by atomic mass is 16.1. The summed E-state index contributed by atoms with van der Waals surface area (Å²) >= 11 is 0. The van der Waals surface area contributed by atoms with E-state index in [2.05, 4.69) is 56.2 Å². The van der Waals surface area contributed by atoms with Gasteiger partial charge < -0.3 is 0 Å². The molecule has 5 rings (SSSR count). The average molecular weight is 390 g/mol. The van der Waals surface area contributed by atoms with Gasteiger partial charge in [0.15, 0.2) is 0 Å². The summed E-state index contributed by atoms with van der Waals surface area (Å²) in [5, 5.41) is 0. The van der Waals surface area contributed by atoms with Crippen LogP contribution in [-0.2, 0) is 4.79 Å². The number of pyridine rings is 1. The molecule has 0 aromatic carbocycles. The van der Waals surface area contributed by atoms with Crippen molar-refractivity contribution in [3.63, 3.8) is 0 Å². The standard InChI is InChI=1S/C27H35NO/c1-4-6-18-15-20-16-21(29)10-12-26(20,2)24-11-13-27(3)22(8-9-23(27)25(18)24)19-7-5-14-28-17-19/h5,7-8,14-15,17-18,23-25H,4,6,9-13,16H2,1-3H3/t18?,23-,24-,25-,26-,27+/m0/s1. The highest BCUT2D eigenvalue weighted by Gasteiger charge is 2.58. The second kappa shape index (κ2) is 6.93. The molecule has 0 N–H and O–H groups in total. The van der Waals surface area contributed by atoms with Gasteiger partial charge in [-0.2, -0.15) is 0 Å². The number of carbonyl (C=O) groups excluding carboxylic acids is 1. The van der Waals surface area contributed by atoms with Gasteiger partial charge in [0.2, 0.25) is 0 Å². The lowest BCUT2D eigenvalue weighted by Crippen LogP contribution is -2.52. The van der Waals surface area contributed by atoms with Gasteiger partial charge in [0, 0.05) is 25.2 Å². The smallest absolute Gasteiger partial charge is 0.136 e. The van der Waals surface area contributed by atoms with Crippen molar-refractivity contribution in [2.24, 2.45) is 34.5 Å². The summed E-state index contributed by atoms with van der Waals surface area (Å²) in [6.45, 7) is 7.36. The topological polar surface area (TPSA) is 30.0 Å². The van der Waals surface area contributed by atoms with Gasteiger partial charge in [-0.3, -0.25) is 9.78 Å². The molecule has 0 aliphatic heterocycles. The van der Waals surface area contributed by atoms with Crippen molar-refractivity contribution in [1.82, 2.24) is 4.98 Å². The zero-order chi connectivity index (χ0) is 20.2. The molecule has 0 radical (unpaired) electrons. The van der Waals surface area contributed by atoms with Crippen LogP contribution in [0.15, 0.2) is 42.3 Å². The Morgan fingerprint density at radius 1 is 1.17 bits per heavy atom. The molecule has 0 spiro atoms. The van der Waals surface area contributed by atoms with E-state index >= 15 is 0 Å². The monoisotopic (exact) mass is 389 g/mol. The van der Waals surface area contributed by atoms with E-state index in [1.54, 1.807) is 5.57 Å². The normalized spacial score (nSPS) is 41.1. The molecule has 4 aliphatic carbocycles. The molecular formula is C27H35NO. The largest absolute Gasteiger partial charge is 0.299 e. The summed E-state index contributed by atoms with van der Waals surface area (Å²) in [7, 11) is 0. The molecule has 6 atom stereocenters. The lowest BCUT2D eigenvalue weighted by molar-refractivity contribution is -0.122. The molecule has 2 heteroatoms. The van der Waals surface area contributed by atoms with E-state index in [0.29, 0.717) is 11.7 Å². The molecular weight excluding hydrogens is 354 g/mol. The molecule has 29 heavy (non-hydrogen) atoms. The minimum absolute atomic E-state index is 0.251. The van der Waals surface area contributed by atoms with Crippen LogP contribution in [-0.4, -0.2) is 10.8 Å². The van der Waals surface area contributed by atoms with Gasteiger partial charge in [0.1, 0.15) is 5.78 Å². The first-order chi connectivity index (χ1) is 14.0. The zero-order valence-electron chi connectivity index (χ0n) is 18.3. The summed E-state index contributed by atoms with van der Waals surface area (Å²) in [6.07, 6.45) is 17.9. The molecule has 1 aromatic heterocycles. The van der Waals surface area contributed by atoms with E-state index in [1.165, 1.54) is 43.2 Å². The summed E-state index contributed by atoms with van der Waals surface area (Å²) in [6, 6.07) is 4.32. The third-order valence-electron chi connectivity index (χ3n) is 9.28. The quantitative estimate of drug-likeness (QED) is 0.543. The molecule has 0 bridgehead atoms. The van der Waals surface area contributed by atoms with Gasteiger partial charge in [-0.15, -0.1) is 0 Å². The van der Waals surface area contributed by atoms with Crippen LogP contribution >= 0.6 is 0 Å². The van der Waals surface area contributed by atoms with E-state index in [0.717, 1.165) is 37.0 Å².